The van der Waals surface area contributed by atoms with Crippen LogP contribution in [0.1, 0.15) is 21.7 Å². The molecule has 0 bridgehead atoms. The van der Waals surface area contributed by atoms with Crippen molar-refractivity contribution in [3.63, 3.8) is 0 Å². The minimum absolute atomic E-state index is 0.135. The van der Waals surface area contributed by atoms with Crippen molar-refractivity contribution in [3.05, 3.63) is 93.0 Å². The van der Waals surface area contributed by atoms with Crippen LogP contribution in [0.3, 0.4) is 0 Å². The van der Waals surface area contributed by atoms with Crippen LogP contribution in [0.4, 0.5) is 0 Å². The van der Waals surface area contributed by atoms with E-state index in [1.165, 1.54) is 6.07 Å². The standard InChI is InChI=1S/C22H19ClN4O2/c1-14-12-20(28)21(26-27(14)17-8-6-16(23)7-9-17)22(29)24-11-10-15-13-25-19-5-3-2-4-18(15)19/h2-9,12-13,25H,10-11H2,1H3,(H,24,29). The van der Waals surface area contributed by atoms with Gasteiger partial charge in [-0.3, -0.25) is 9.59 Å². The van der Waals surface area contributed by atoms with E-state index in [4.69, 9.17) is 11.6 Å². The monoisotopic (exact) mass is 406 g/mol. The summed E-state index contributed by atoms with van der Waals surface area (Å²) in [7, 11) is 0. The first-order valence-electron chi connectivity index (χ1n) is 9.23. The summed E-state index contributed by atoms with van der Waals surface area (Å²) in [6.45, 7) is 2.17. The van der Waals surface area contributed by atoms with E-state index in [1.807, 2.05) is 30.5 Å². The molecule has 0 radical (unpaired) electrons. The maximum absolute atomic E-state index is 12.6. The lowest BCUT2D eigenvalue weighted by atomic mass is 10.1. The van der Waals surface area contributed by atoms with Gasteiger partial charge in [-0.2, -0.15) is 5.10 Å². The van der Waals surface area contributed by atoms with Gasteiger partial charge < -0.3 is 10.3 Å². The number of aryl methyl sites for hydroxylation is 1. The van der Waals surface area contributed by atoms with Gasteiger partial charge >= 0.3 is 0 Å². The molecule has 29 heavy (non-hydrogen) atoms. The highest BCUT2D eigenvalue weighted by molar-refractivity contribution is 6.30. The number of nitrogens with zero attached hydrogens (tertiary/aromatic N) is 2. The number of amides is 1. The van der Waals surface area contributed by atoms with Crippen molar-refractivity contribution in [2.45, 2.75) is 13.3 Å². The zero-order valence-electron chi connectivity index (χ0n) is 15.8. The van der Waals surface area contributed by atoms with Gasteiger partial charge in [0.15, 0.2) is 5.69 Å². The highest BCUT2D eigenvalue weighted by atomic mass is 35.5. The molecule has 0 aliphatic carbocycles. The molecule has 146 valence electrons. The number of nitrogens with one attached hydrogen (secondary N) is 2. The Kier molecular flexibility index (Phi) is 5.18. The number of hydrogen-bond donors (Lipinski definition) is 2. The van der Waals surface area contributed by atoms with Crippen LogP contribution in [0.15, 0.2) is 65.6 Å². The van der Waals surface area contributed by atoms with Crippen molar-refractivity contribution in [2.24, 2.45) is 0 Å². The minimum atomic E-state index is -0.488. The summed E-state index contributed by atoms with van der Waals surface area (Å²) in [6.07, 6.45) is 2.58. The Morgan fingerprint density at radius 2 is 1.93 bits per heavy atom. The van der Waals surface area contributed by atoms with Crippen LogP contribution < -0.4 is 10.7 Å². The lowest BCUT2D eigenvalue weighted by Gasteiger charge is -2.11. The van der Waals surface area contributed by atoms with E-state index in [2.05, 4.69) is 15.4 Å². The molecule has 4 rings (SSSR count). The minimum Gasteiger partial charge on any atom is -0.361 e. The molecule has 7 heteroatoms. The lowest BCUT2D eigenvalue weighted by molar-refractivity contribution is 0.0946. The molecule has 2 N–H and O–H groups in total. The van der Waals surface area contributed by atoms with Crippen LogP contribution in [0.25, 0.3) is 16.6 Å². The number of rotatable bonds is 5. The zero-order valence-corrected chi connectivity index (χ0v) is 16.5. The van der Waals surface area contributed by atoms with Gasteiger partial charge in [0.2, 0.25) is 5.43 Å². The number of aromatic amines is 1. The van der Waals surface area contributed by atoms with Gasteiger partial charge in [0.25, 0.3) is 5.91 Å². The third-order valence-corrected chi connectivity index (χ3v) is 5.00. The molecule has 1 amide bonds. The number of halogens is 1. The maximum atomic E-state index is 12.6. The van der Waals surface area contributed by atoms with Crippen molar-refractivity contribution in [2.75, 3.05) is 6.54 Å². The first-order valence-corrected chi connectivity index (χ1v) is 9.61. The fraction of sp³-hybridized carbons (Fsp3) is 0.136. The Morgan fingerprint density at radius 1 is 1.17 bits per heavy atom. The van der Waals surface area contributed by atoms with Gasteiger partial charge in [0.05, 0.1) is 5.69 Å². The maximum Gasteiger partial charge on any atom is 0.275 e. The van der Waals surface area contributed by atoms with E-state index in [0.29, 0.717) is 23.7 Å². The van der Waals surface area contributed by atoms with Gasteiger partial charge in [-0.15, -0.1) is 0 Å². The summed E-state index contributed by atoms with van der Waals surface area (Å²) in [5, 5.41) is 8.81. The Hall–Kier alpha value is -3.38. The first-order chi connectivity index (χ1) is 14.0. The molecule has 2 aromatic heterocycles. The number of carbonyl (C=O) groups excluding carboxylic acids is 1. The van der Waals surface area contributed by atoms with Crippen molar-refractivity contribution in [1.29, 1.82) is 0 Å². The van der Waals surface area contributed by atoms with Crippen molar-refractivity contribution in [1.82, 2.24) is 20.1 Å². The third kappa shape index (κ3) is 3.93. The van der Waals surface area contributed by atoms with E-state index in [-0.39, 0.29) is 5.69 Å². The molecule has 0 saturated heterocycles. The second-order valence-corrected chi connectivity index (χ2v) is 7.19. The summed E-state index contributed by atoms with van der Waals surface area (Å²) in [4.78, 5) is 28.1. The summed E-state index contributed by atoms with van der Waals surface area (Å²) in [6, 6.07) is 16.4. The van der Waals surface area contributed by atoms with Crippen LogP contribution in [0.2, 0.25) is 5.02 Å². The molecular formula is C22H19ClN4O2. The molecule has 0 aliphatic heterocycles. The van der Waals surface area contributed by atoms with Crippen molar-refractivity contribution >= 4 is 28.4 Å². The van der Waals surface area contributed by atoms with Crippen molar-refractivity contribution < 1.29 is 4.79 Å². The number of fused-ring (bicyclic) bond motifs is 1. The summed E-state index contributed by atoms with van der Waals surface area (Å²) < 4.78 is 1.56. The average molecular weight is 407 g/mol. The van der Waals surface area contributed by atoms with E-state index in [9.17, 15) is 9.59 Å². The quantitative estimate of drug-likeness (QED) is 0.531. The Labute approximate surface area is 172 Å². The average Bonchev–Trinajstić information content (AvgIpc) is 3.12. The number of hydrogen-bond acceptors (Lipinski definition) is 3. The third-order valence-electron chi connectivity index (χ3n) is 4.75. The van der Waals surface area contributed by atoms with Crippen LogP contribution in [0, 0.1) is 6.92 Å². The fourth-order valence-electron chi connectivity index (χ4n) is 3.28. The van der Waals surface area contributed by atoms with E-state index in [1.54, 1.807) is 35.9 Å². The zero-order chi connectivity index (χ0) is 20.4. The number of benzene rings is 2. The normalized spacial score (nSPS) is 11.0. The number of para-hydroxylation sites is 1. The van der Waals surface area contributed by atoms with E-state index in [0.717, 1.165) is 22.2 Å². The van der Waals surface area contributed by atoms with Gasteiger partial charge in [0, 0.05) is 40.4 Å². The molecule has 0 aliphatic rings. The topological polar surface area (TPSA) is 79.8 Å². The molecule has 0 fully saturated rings. The lowest BCUT2D eigenvalue weighted by Crippen LogP contribution is -2.33. The summed E-state index contributed by atoms with van der Waals surface area (Å²) >= 11 is 5.94. The Bertz CT molecular complexity index is 1240. The van der Waals surface area contributed by atoms with E-state index < -0.39 is 11.3 Å². The van der Waals surface area contributed by atoms with Gasteiger partial charge in [-0.1, -0.05) is 29.8 Å². The highest BCUT2D eigenvalue weighted by Gasteiger charge is 2.15. The molecule has 6 nitrogen and oxygen atoms in total. The van der Waals surface area contributed by atoms with Crippen LogP contribution in [0.5, 0.6) is 0 Å². The number of carbonyl (C=O) groups is 1. The smallest absolute Gasteiger partial charge is 0.275 e. The molecule has 0 unspecified atom stereocenters. The second kappa shape index (κ2) is 7.93. The Balaban J connectivity index is 1.51. The predicted octanol–water partition coefficient (Wildman–Crippen LogP) is 3.65. The van der Waals surface area contributed by atoms with Crippen LogP contribution in [-0.2, 0) is 6.42 Å². The molecular weight excluding hydrogens is 388 g/mol. The first kappa shape index (κ1) is 19.0. The van der Waals surface area contributed by atoms with Crippen molar-refractivity contribution in [3.8, 4) is 5.69 Å². The molecule has 0 spiro atoms. The summed E-state index contributed by atoms with van der Waals surface area (Å²) in [5.74, 6) is -0.488. The Morgan fingerprint density at radius 3 is 2.72 bits per heavy atom. The number of aromatic nitrogens is 3. The largest absolute Gasteiger partial charge is 0.361 e. The van der Waals surface area contributed by atoms with Gasteiger partial charge in [-0.05, 0) is 49.2 Å². The van der Waals surface area contributed by atoms with Crippen LogP contribution >= 0.6 is 11.6 Å². The fourth-order valence-corrected chi connectivity index (χ4v) is 3.41. The predicted molar refractivity (Wildman–Crippen MR) is 114 cm³/mol. The van der Waals surface area contributed by atoms with Gasteiger partial charge in [0.1, 0.15) is 0 Å². The molecule has 0 atom stereocenters. The van der Waals surface area contributed by atoms with Gasteiger partial charge in [-0.25, -0.2) is 4.68 Å². The highest BCUT2D eigenvalue weighted by Crippen LogP contribution is 2.18. The SMILES string of the molecule is Cc1cc(=O)c(C(=O)NCCc2c[nH]c3ccccc23)nn1-c1ccc(Cl)cc1. The number of H-pyrrole nitrogens is 1. The molecule has 0 saturated carbocycles. The molecule has 2 aromatic carbocycles. The van der Waals surface area contributed by atoms with E-state index >= 15 is 0 Å². The molecule has 2 heterocycles. The summed E-state index contributed by atoms with van der Waals surface area (Å²) in [5.41, 5.74) is 2.98. The van der Waals surface area contributed by atoms with Crippen LogP contribution in [-0.4, -0.2) is 27.2 Å². The molecule has 4 aromatic rings. The second-order valence-electron chi connectivity index (χ2n) is 6.75.